The SMILES string of the molecule is COc1cc(C2CN(Cc3ccccc3)CC2CO)c(O)c(OC)c1C. The number of rotatable bonds is 6. The summed E-state index contributed by atoms with van der Waals surface area (Å²) in [6.07, 6.45) is 0. The Hall–Kier alpha value is -2.24. The Balaban J connectivity index is 1.90. The smallest absolute Gasteiger partial charge is 0.167 e. The molecule has 140 valence electrons. The van der Waals surface area contributed by atoms with E-state index in [0.717, 1.165) is 30.8 Å². The Kier molecular flexibility index (Phi) is 5.69. The second-order valence-electron chi connectivity index (χ2n) is 6.90. The third-order valence-electron chi connectivity index (χ3n) is 5.31. The van der Waals surface area contributed by atoms with Crippen molar-refractivity contribution in [2.24, 2.45) is 5.92 Å². The first kappa shape index (κ1) is 18.5. The van der Waals surface area contributed by atoms with Crippen LogP contribution in [-0.2, 0) is 6.54 Å². The van der Waals surface area contributed by atoms with Gasteiger partial charge in [-0.3, -0.25) is 4.90 Å². The van der Waals surface area contributed by atoms with E-state index in [9.17, 15) is 10.2 Å². The highest BCUT2D eigenvalue weighted by molar-refractivity contribution is 5.58. The maximum Gasteiger partial charge on any atom is 0.167 e. The lowest BCUT2D eigenvalue weighted by Gasteiger charge is -2.22. The molecule has 0 saturated carbocycles. The van der Waals surface area contributed by atoms with E-state index in [4.69, 9.17) is 9.47 Å². The van der Waals surface area contributed by atoms with Gasteiger partial charge >= 0.3 is 0 Å². The van der Waals surface area contributed by atoms with Crippen LogP contribution in [0, 0.1) is 12.8 Å². The lowest BCUT2D eigenvalue weighted by molar-refractivity contribution is 0.213. The fraction of sp³-hybridized carbons (Fsp3) is 0.429. The average Bonchev–Trinajstić information content (AvgIpc) is 3.06. The van der Waals surface area contributed by atoms with Crippen molar-refractivity contribution in [1.29, 1.82) is 0 Å². The predicted octanol–water partition coefficient (Wildman–Crippen LogP) is 2.93. The summed E-state index contributed by atoms with van der Waals surface area (Å²) in [5.74, 6) is 1.36. The van der Waals surface area contributed by atoms with Crippen molar-refractivity contribution in [1.82, 2.24) is 4.90 Å². The molecular weight excluding hydrogens is 330 g/mol. The van der Waals surface area contributed by atoms with Gasteiger partial charge in [0.05, 0.1) is 14.2 Å². The van der Waals surface area contributed by atoms with Gasteiger partial charge in [-0.1, -0.05) is 30.3 Å². The Bertz CT molecular complexity index is 747. The summed E-state index contributed by atoms with van der Waals surface area (Å²) >= 11 is 0. The average molecular weight is 357 g/mol. The van der Waals surface area contributed by atoms with E-state index in [1.807, 2.05) is 31.2 Å². The second-order valence-corrected chi connectivity index (χ2v) is 6.90. The fourth-order valence-electron chi connectivity index (χ4n) is 3.95. The number of nitrogens with zero attached hydrogens (tertiary/aromatic N) is 1. The van der Waals surface area contributed by atoms with Gasteiger partial charge in [0.2, 0.25) is 0 Å². The van der Waals surface area contributed by atoms with Gasteiger partial charge in [-0.05, 0) is 18.6 Å². The highest BCUT2D eigenvalue weighted by atomic mass is 16.5. The summed E-state index contributed by atoms with van der Waals surface area (Å²) < 4.78 is 10.9. The van der Waals surface area contributed by atoms with Crippen LogP contribution in [0.5, 0.6) is 17.2 Å². The second kappa shape index (κ2) is 7.98. The number of ether oxygens (including phenoxy) is 2. The molecule has 26 heavy (non-hydrogen) atoms. The number of hydrogen-bond donors (Lipinski definition) is 2. The van der Waals surface area contributed by atoms with Crippen LogP contribution in [0.4, 0.5) is 0 Å². The van der Waals surface area contributed by atoms with E-state index >= 15 is 0 Å². The number of aliphatic hydroxyl groups is 1. The summed E-state index contributed by atoms with van der Waals surface area (Å²) in [6.45, 7) is 4.32. The minimum absolute atomic E-state index is 0.0205. The topological polar surface area (TPSA) is 62.2 Å². The molecule has 0 spiro atoms. The molecule has 1 heterocycles. The number of methoxy groups -OCH3 is 2. The van der Waals surface area contributed by atoms with Gasteiger partial charge in [0.15, 0.2) is 11.5 Å². The van der Waals surface area contributed by atoms with Crippen molar-refractivity contribution in [2.75, 3.05) is 33.9 Å². The largest absolute Gasteiger partial charge is 0.504 e. The number of phenols is 1. The summed E-state index contributed by atoms with van der Waals surface area (Å²) in [7, 11) is 3.16. The number of benzene rings is 2. The lowest BCUT2D eigenvalue weighted by Crippen LogP contribution is -2.20. The van der Waals surface area contributed by atoms with Gasteiger partial charge in [0.25, 0.3) is 0 Å². The summed E-state index contributed by atoms with van der Waals surface area (Å²) in [5.41, 5.74) is 2.79. The zero-order chi connectivity index (χ0) is 18.7. The van der Waals surface area contributed by atoms with Crippen LogP contribution in [0.15, 0.2) is 36.4 Å². The van der Waals surface area contributed by atoms with Crippen molar-refractivity contribution in [3.8, 4) is 17.2 Å². The van der Waals surface area contributed by atoms with Crippen LogP contribution in [0.2, 0.25) is 0 Å². The third kappa shape index (κ3) is 3.50. The Morgan fingerprint density at radius 1 is 1.12 bits per heavy atom. The Morgan fingerprint density at radius 2 is 1.85 bits per heavy atom. The molecule has 2 unspecified atom stereocenters. The standard InChI is InChI=1S/C21H27NO4/c1-14-19(25-2)9-17(20(24)21(14)26-3)18-12-22(11-16(18)13-23)10-15-7-5-4-6-8-15/h4-9,16,18,23-24H,10-13H2,1-3H3. The van der Waals surface area contributed by atoms with Crippen LogP contribution in [0.1, 0.15) is 22.6 Å². The van der Waals surface area contributed by atoms with Gasteiger partial charge in [-0.2, -0.15) is 0 Å². The van der Waals surface area contributed by atoms with Crippen LogP contribution in [0.25, 0.3) is 0 Å². The molecule has 3 rings (SSSR count). The molecule has 0 aromatic heterocycles. The van der Waals surface area contributed by atoms with E-state index in [-0.39, 0.29) is 24.2 Å². The minimum Gasteiger partial charge on any atom is -0.504 e. The van der Waals surface area contributed by atoms with E-state index in [1.165, 1.54) is 5.56 Å². The molecule has 0 radical (unpaired) electrons. The number of hydrogen-bond acceptors (Lipinski definition) is 5. The van der Waals surface area contributed by atoms with Crippen molar-refractivity contribution in [2.45, 2.75) is 19.4 Å². The molecule has 5 nitrogen and oxygen atoms in total. The zero-order valence-electron chi connectivity index (χ0n) is 15.6. The highest BCUT2D eigenvalue weighted by Gasteiger charge is 2.36. The number of phenolic OH excluding ortho intramolecular Hbond substituents is 1. The van der Waals surface area contributed by atoms with Crippen LogP contribution in [0.3, 0.4) is 0 Å². The molecule has 0 amide bonds. The summed E-state index contributed by atoms with van der Waals surface area (Å²) in [6, 6.07) is 12.2. The molecule has 1 aliphatic heterocycles. The first-order chi connectivity index (χ1) is 12.6. The minimum atomic E-state index is 0.0205. The number of aromatic hydroxyl groups is 1. The van der Waals surface area contributed by atoms with Crippen LogP contribution < -0.4 is 9.47 Å². The first-order valence-electron chi connectivity index (χ1n) is 8.90. The molecule has 0 bridgehead atoms. The van der Waals surface area contributed by atoms with Gasteiger partial charge in [0.1, 0.15) is 5.75 Å². The third-order valence-corrected chi connectivity index (χ3v) is 5.31. The van der Waals surface area contributed by atoms with Crippen molar-refractivity contribution < 1.29 is 19.7 Å². The van der Waals surface area contributed by atoms with Crippen LogP contribution >= 0.6 is 0 Å². The van der Waals surface area contributed by atoms with Crippen LogP contribution in [-0.4, -0.2) is 49.0 Å². The predicted molar refractivity (Wildman–Crippen MR) is 101 cm³/mol. The lowest BCUT2D eigenvalue weighted by atomic mass is 9.87. The quantitative estimate of drug-likeness (QED) is 0.832. The maximum absolute atomic E-state index is 10.8. The Labute approximate surface area is 154 Å². The summed E-state index contributed by atoms with van der Waals surface area (Å²) in [4.78, 5) is 2.32. The van der Waals surface area contributed by atoms with E-state index in [0.29, 0.717) is 11.5 Å². The molecular formula is C21H27NO4. The number of aliphatic hydroxyl groups excluding tert-OH is 1. The van der Waals surface area contributed by atoms with E-state index in [2.05, 4.69) is 17.0 Å². The molecule has 2 N–H and O–H groups in total. The van der Waals surface area contributed by atoms with Gasteiger partial charge in [0, 0.05) is 49.2 Å². The van der Waals surface area contributed by atoms with Crippen molar-refractivity contribution in [3.63, 3.8) is 0 Å². The molecule has 1 aliphatic rings. The van der Waals surface area contributed by atoms with Crippen molar-refractivity contribution in [3.05, 3.63) is 53.1 Å². The van der Waals surface area contributed by atoms with E-state index < -0.39 is 0 Å². The highest BCUT2D eigenvalue weighted by Crippen LogP contribution is 2.46. The zero-order valence-corrected chi connectivity index (χ0v) is 15.6. The summed E-state index contributed by atoms with van der Waals surface area (Å²) in [5, 5.41) is 20.7. The van der Waals surface area contributed by atoms with Crippen molar-refractivity contribution >= 4 is 0 Å². The normalized spacial score (nSPS) is 20.3. The molecule has 0 aliphatic carbocycles. The monoisotopic (exact) mass is 357 g/mol. The van der Waals surface area contributed by atoms with Gasteiger partial charge < -0.3 is 19.7 Å². The Morgan fingerprint density at radius 3 is 2.46 bits per heavy atom. The molecule has 1 fully saturated rings. The molecule has 1 saturated heterocycles. The van der Waals surface area contributed by atoms with E-state index in [1.54, 1.807) is 14.2 Å². The maximum atomic E-state index is 10.8. The fourth-order valence-corrected chi connectivity index (χ4v) is 3.95. The first-order valence-corrected chi connectivity index (χ1v) is 8.90. The molecule has 2 atom stereocenters. The van der Waals surface area contributed by atoms with Gasteiger partial charge in [-0.15, -0.1) is 0 Å². The molecule has 2 aromatic rings. The molecule has 2 aromatic carbocycles. The number of likely N-dealkylation sites (tertiary alicyclic amines) is 1. The molecule has 5 heteroatoms. The van der Waals surface area contributed by atoms with Gasteiger partial charge in [-0.25, -0.2) is 0 Å².